The highest BCUT2D eigenvalue weighted by molar-refractivity contribution is 5.56. The smallest absolute Gasteiger partial charge is 0.0621 e. The second-order valence-electron chi connectivity index (χ2n) is 4.65. The first-order valence-electron chi connectivity index (χ1n) is 6.26. The zero-order valence-corrected chi connectivity index (χ0v) is 10.1. The van der Waals surface area contributed by atoms with Gasteiger partial charge in [0, 0.05) is 31.2 Å². The maximum absolute atomic E-state index is 8.52. The van der Waals surface area contributed by atoms with Gasteiger partial charge < -0.3 is 10.6 Å². The normalized spacial score (nSPS) is 18.6. The van der Waals surface area contributed by atoms with E-state index in [1.54, 1.807) is 0 Å². The lowest BCUT2D eigenvalue weighted by atomic mass is 9.98. The predicted octanol–water partition coefficient (Wildman–Crippen LogP) is 2.07. The number of unbranched alkanes of at least 4 members (excludes halogenated alkanes) is 2. The van der Waals surface area contributed by atoms with Crippen LogP contribution in [0.1, 0.15) is 24.8 Å². The van der Waals surface area contributed by atoms with Crippen LogP contribution < -0.4 is 10.6 Å². The molecule has 0 saturated carbocycles. The van der Waals surface area contributed by atoms with E-state index in [-0.39, 0.29) is 6.04 Å². The number of fused-ring (bicyclic) bond motifs is 1. The van der Waals surface area contributed by atoms with Gasteiger partial charge in [0.25, 0.3) is 0 Å². The van der Waals surface area contributed by atoms with Crippen molar-refractivity contribution in [2.75, 3.05) is 18.0 Å². The van der Waals surface area contributed by atoms with E-state index in [4.69, 9.17) is 11.0 Å². The lowest BCUT2D eigenvalue weighted by Crippen LogP contribution is -2.43. The van der Waals surface area contributed by atoms with Gasteiger partial charge in [-0.3, -0.25) is 0 Å². The van der Waals surface area contributed by atoms with Crippen LogP contribution in [0.3, 0.4) is 0 Å². The maximum atomic E-state index is 8.52. The molecule has 0 fully saturated rings. The van der Waals surface area contributed by atoms with E-state index in [0.29, 0.717) is 6.42 Å². The minimum Gasteiger partial charge on any atom is -0.370 e. The number of benzene rings is 1. The van der Waals surface area contributed by atoms with Gasteiger partial charge in [0.1, 0.15) is 0 Å². The topological polar surface area (TPSA) is 53.0 Å². The molecule has 17 heavy (non-hydrogen) atoms. The lowest BCUT2D eigenvalue weighted by molar-refractivity contribution is 0.583. The van der Waals surface area contributed by atoms with Crippen molar-refractivity contribution in [1.82, 2.24) is 0 Å². The first-order chi connectivity index (χ1) is 8.31. The van der Waals surface area contributed by atoms with Gasteiger partial charge in [-0.15, -0.1) is 0 Å². The number of anilines is 1. The van der Waals surface area contributed by atoms with Crippen molar-refractivity contribution in [2.45, 2.75) is 31.7 Å². The molecule has 1 unspecified atom stereocenters. The summed E-state index contributed by atoms with van der Waals surface area (Å²) in [6.07, 6.45) is 3.67. The van der Waals surface area contributed by atoms with Crippen LogP contribution >= 0.6 is 0 Å². The molecular weight excluding hydrogens is 210 g/mol. The van der Waals surface area contributed by atoms with Crippen LogP contribution in [0.4, 0.5) is 5.69 Å². The Bertz CT molecular complexity index is 408. The number of para-hydroxylation sites is 1. The van der Waals surface area contributed by atoms with Gasteiger partial charge in [0.15, 0.2) is 0 Å². The molecule has 0 spiro atoms. The molecule has 1 aliphatic heterocycles. The number of nitrogens with two attached hydrogens (primary N) is 1. The highest BCUT2D eigenvalue weighted by Gasteiger charge is 2.20. The van der Waals surface area contributed by atoms with Gasteiger partial charge in [0.2, 0.25) is 0 Å². The summed E-state index contributed by atoms with van der Waals surface area (Å²) >= 11 is 0. The standard InChI is InChI=1S/C14H19N3/c15-8-4-1-5-9-17-11-13(16)10-12-6-2-3-7-14(12)17/h2-3,6-7,13H,1,4-5,9-11,16H2. The average molecular weight is 229 g/mol. The third kappa shape index (κ3) is 2.98. The van der Waals surface area contributed by atoms with E-state index in [0.717, 1.165) is 32.4 Å². The first-order valence-corrected chi connectivity index (χ1v) is 6.26. The highest BCUT2D eigenvalue weighted by atomic mass is 15.1. The summed E-state index contributed by atoms with van der Waals surface area (Å²) in [5.74, 6) is 0. The van der Waals surface area contributed by atoms with Crippen molar-refractivity contribution in [3.63, 3.8) is 0 Å². The van der Waals surface area contributed by atoms with Gasteiger partial charge in [-0.1, -0.05) is 18.2 Å². The Labute approximate surface area is 103 Å². The molecule has 2 N–H and O–H groups in total. The fourth-order valence-electron chi connectivity index (χ4n) is 2.44. The number of hydrogen-bond acceptors (Lipinski definition) is 3. The summed E-state index contributed by atoms with van der Waals surface area (Å²) in [4.78, 5) is 2.36. The lowest BCUT2D eigenvalue weighted by Gasteiger charge is -2.34. The molecule has 0 aliphatic carbocycles. The molecule has 1 aliphatic rings. The molecule has 90 valence electrons. The van der Waals surface area contributed by atoms with Crippen LogP contribution in [-0.2, 0) is 6.42 Å². The Kier molecular flexibility index (Phi) is 4.00. The van der Waals surface area contributed by atoms with Gasteiger partial charge in [-0.05, 0) is 30.9 Å². The SMILES string of the molecule is N#CCCCCN1CC(N)Cc2ccccc21. The summed E-state index contributed by atoms with van der Waals surface area (Å²) in [7, 11) is 0. The molecule has 0 aromatic heterocycles. The van der Waals surface area contributed by atoms with Crippen molar-refractivity contribution >= 4 is 5.69 Å². The van der Waals surface area contributed by atoms with E-state index in [9.17, 15) is 0 Å². The number of nitrogens with zero attached hydrogens (tertiary/aromatic N) is 2. The number of rotatable bonds is 4. The second-order valence-corrected chi connectivity index (χ2v) is 4.65. The van der Waals surface area contributed by atoms with E-state index < -0.39 is 0 Å². The fourth-order valence-corrected chi connectivity index (χ4v) is 2.44. The van der Waals surface area contributed by atoms with Crippen LogP contribution in [0.15, 0.2) is 24.3 Å². The third-order valence-corrected chi connectivity index (χ3v) is 3.24. The third-order valence-electron chi connectivity index (χ3n) is 3.24. The minimum absolute atomic E-state index is 0.237. The molecule has 1 atom stereocenters. The van der Waals surface area contributed by atoms with Crippen molar-refractivity contribution in [3.05, 3.63) is 29.8 Å². The fraction of sp³-hybridized carbons (Fsp3) is 0.500. The molecule has 0 amide bonds. The molecule has 0 bridgehead atoms. The molecule has 0 radical (unpaired) electrons. The van der Waals surface area contributed by atoms with Gasteiger partial charge in [-0.2, -0.15) is 5.26 Å². The average Bonchev–Trinajstić information content (AvgIpc) is 2.34. The molecule has 0 saturated heterocycles. The van der Waals surface area contributed by atoms with Crippen molar-refractivity contribution in [2.24, 2.45) is 5.73 Å². The van der Waals surface area contributed by atoms with Crippen molar-refractivity contribution < 1.29 is 0 Å². The van der Waals surface area contributed by atoms with E-state index >= 15 is 0 Å². The molecule has 2 rings (SSSR count). The monoisotopic (exact) mass is 229 g/mol. The first kappa shape index (κ1) is 11.9. The Hall–Kier alpha value is -1.53. The largest absolute Gasteiger partial charge is 0.370 e. The van der Waals surface area contributed by atoms with Crippen LogP contribution in [-0.4, -0.2) is 19.1 Å². The predicted molar refractivity (Wildman–Crippen MR) is 69.8 cm³/mol. The van der Waals surface area contributed by atoms with Crippen molar-refractivity contribution in [3.8, 4) is 6.07 Å². The van der Waals surface area contributed by atoms with Crippen LogP contribution in [0.25, 0.3) is 0 Å². The molecular formula is C14H19N3. The van der Waals surface area contributed by atoms with E-state index in [2.05, 4.69) is 35.2 Å². The van der Waals surface area contributed by atoms with Gasteiger partial charge in [0.05, 0.1) is 6.07 Å². The Morgan fingerprint density at radius 1 is 1.35 bits per heavy atom. The molecule has 3 heteroatoms. The summed E-state index contributed by atoms with van der Waals surface area (Å²) in [6, 6.07) is 10.9. The van der Waals surface area contributed by atoms with E-state index in [1.165, 1.54) is 11.3 Å². The minimum atomic E-state index is 0.237. The van der Waals surface area contributed by atoms with Gasteiger partial charge >= 0.3 is 0 Å². The quantitative estimate of drug-likeness (QED) is 0.804. The Balaban J connectivity index is 2.00. The highest BCUT2D eigenvalue weighted by Crippen LogP contribution is 2.26. The molecule has 1 aromatic rings. The molecule has 1 aromatic carbocycles. The summed E-state index contributed by atoms with van der Waals surface area (Å²) in [5, 5.41) is 8.52. The maximum Gasteiger partial charge on any atom is 0.0621 e. The van der Waals surface area contributed by atoms with E-state index in [1.807, 2.05) is 0 Å². The summed E-state index contributed by atoms with van der Waals surface area (Å²) in [5.41, 5.74) is 8.75. The summed E-state index contributed by atoms with van der Waals surface area (Å²) < 4.78 is 0. The Morgan fingerprint density at radius 3 is 3.00 bits per heavy atom. The van der Waals surface area contributed by atoms with Gasteiger partial charge in [-0.25, -0.2) is 0 Å². The Morgan fingerprint density at radius 2 is 2.18 bits per heavy atom. The second kappa shape index (κ2) is 5.70. The molecule has 1 heterocycles. The number of nitriles is 1. The summed E-state index contributed by atoms with van der Waals surface area (Å²) in [6.45, 7) is 1.94. The molecule has 3 nitrogen and oxygen atoms in total. The van der Waals surface area contributed by atoms with Crippen LogP contribution in [0.2, 0.25) is 0 Å². The van der Waals surface area contributed by atoms with Crippen LogP contribution in [0, 0.1) is 11.3 Å². The zero-order valence-electron chi connectivity index (χ0n) is 10.1. The van der Waals surface area contributed by atoms with Crippen LogP contribution in [0.5, 0.6) is 0 Å². The zero-order chi connectivity index (χ0) is 12.1. The number of hydrogen-bond donors (Lipinski definition) is 1. The van der Waals surface area contributed by atoms with Crippen molar-refractivity contribution in [1.29, 1.82) is 5.26 Å².